The minimum absolute atomic E-state index is 0.650. The molecular weight excluding hydrogens is 278 g/mol. The fourth-order valence-corrected chi connectivity index (χ4v) is 2.66. The van der Waals surface area contributed by atoms with E-state index in [9.17, 15) is 0 Å². The maximum absolute atomic E-state index is 5.53. The van der Waals surface area contributed by atoms with Crippen LogP contribution in [0.15, 0.2) is 28.2 Å². The van der Waals surface area contributed by atoms with Crippen LogP contribution in [0.1, 0.15) is 6.42 Å². The Labute approximate surface area is 131 Å². The van der Waals surface area contributed by atoms with E-state index in [-0.39, 0.29) is 0 Å². The summed E-state index contributed by atoms with van der Waals surface area (Å²) in [6, 6.07) is 6.25. The van der Waals surface area contributed by atoms with Crippen molar-refractivity contribution in [1.29, 1.82) is 0 Å². The van der Waals surface area contributed by atoms with E-state index in [4.69, 9.17) is 4.74 Å². The average molecular weight is 301 g/mol. The van der Waals surface area contributed by atoms with Crippen LogP contribution in [0.3, 0.4) is 0 Å². The number of likely N-dealkylation sites (N-methyl/N-ethyl adjacent to an activating group) is 1. The number of aliphatic imine (C=N–C) groups is 2. The lowest BCUT2D eigenvalue weighted by atomic mass is 10.2. The predicted molar refractivity (Wildman–Crippen MR) is 91.7 cm³/mol. The molecule has 22 heavy (non-hydrogen) atoms. The highest BCUT2D eigenvalue weighted by Gasteiger charge is 2.16. The van der Waals surface area contributed by atoms with Gasteiger partial charge in [-0.25, -0.2) is 4.99 Å². The zero-order valence-electron chi connectivity index (χ0n) is 13.2. The van der Waals surface area contributed by atoms with Crippen LogP contribution in [-0.4, -0.2) is 64.0 Å². The van der Waals surface area contributed by atoms with Gasteiger partial charge in [-0.15, -0.1) is 0 Å². The molecule has 0 aromatic heterocycles. The summed E-state index contributed by atoms with van der Waals surface area (Å²) in [6.07, 6.45) is 2.80. The van der Waals surface area contributed by atoms with Crippen molar-refractivity contribution in [3.05, 3.63) is 18.2 Å². The molecule has 0 radical (unpaired) electrons. The zero-order chi connectivity index (χ0) is 15.4. The number of nitrogens with zero attached hydrogens (tertiary/aromatic N) is 4. The summed E-state index contributed by atoms with van der Waals surface area (Å²) >= 11 is 0. The first-order chi connectivity index (χ1) is 10.8. The molecule has 6 nitrogen and oxygen atoms in total. The number of guanidine groups is 1. The third kappa shape index (κ3) is 3.39. The van der Waals surface area contributed by atoms with Gasteiger partial charge in [0.2, 0.25) is 5.96 Å². The number of rotatable bonds is 3. The maximum Gasteiger partial charge on any atom is 0.222 e. The van der Waals surface area contributed by atoms with Crippen molar-refractivity contribution in [2.45, 2.75) is 6.42 Å². The Morgan fingerprint density at radius 1 is 1.18 bits per heavy atom. The molecule has 0 unspecified atom stereocenters. The summed E-state index contributed by atoms with van der Waals surface area (Å²) in [5.41, 5.74) is 2.10. The molecule has 0 saturated carbocycles. The van der Waals surface area contributed by atoms with Crippen molar-refractivity contribution in [2.75, 3.05) is 57.1 Å². The van der Waals surface area contributed by atoms with Gasteiger partial charge in [0.15, 0.2) is 0 Å². The summed E-state index contributed by atoms with van der Waals surface area (Å²) in [6.45, 7) is 5.06. The quantitative estimate of drug-likeness (QED) is 0.923. The highest BCUT2D eigenvalue weighted by molar-refractivity contribution is 6.00. The van der Waals surface area contributed by atoms with E-state index in [0.717, 1.165) is 50.6 Å². The number of hydrogen-bond donors (Lipinski definition) is 1. The summed E-state index contributed by atoms with van der Waals surface area (Å²) in [5, 5.41) is 3.24. The van der Waals surface area contributed by atoms with Gasteiger partial charge < -0.3 is 19.9 Å². The fourth-order valence-electron chi connectivity index (χ4n) is 2.66. The molecule has 2 aliphatic heterocycles. The van der Waals surface area contributed by atoms with Gasteiger partial charge in [-0.2, -0.15) is 0 Å². The molecule has 0 atom stereocenters. The van der Waals surface area contributed by atoms with Crippen LogP contribution >= 0.6 is 0 Å². The Bertz CT molecular complexity index is 576. The smallest absolute Gasteiger partial charge is 0.222 e. The molecule has 1 saturated heterocycles. The fraction of sp³-hybridized carbons (Fsp3) is 0.500. The second-order valence-electron chi connectivity index (χ2n) is 5.61. The Hall–Kier alpha value is -2.08. The molecule has 2 heterocycles. The SMILES string of the molecule is COc1cc(N2CCN(C)CC2)ccc1NC1=NCCC=N1. The first-order valence-corrected chi connectivity index (χ1v) is 7.72. The zero-order valence-corrected chi connectivity index (χ0v) is 13.2. The molecule has 0 amide bonds. The topological polar surface area (TPSA) is 52.5 Å². The average Bonchev–Trinajstić information content (AvgIpc) is 2.57. The van der Waals surface area contributed by atoms with E-state index in [1.165, 1.54) is 5.69 Å². The lowest BCUT2D eigenvalue weighted by Gasteiger charge is -2.34. The molecule has 1 aromatic rings. The van der Waals surface area contributed by atoms with Gasteiger partial charge in [-0.1, -0.05) is 0 Å². The first kappa shape index (κ1) is 14.8. The van der Waals surface area contributed by atoms with E-state index < -0.39 is 0 Å². The highest BCUT2D eigenvalue weighted by atomic mass is 16.5. The standard InChI is InChI=1S/C16H23N5O/c1-20-8-10-21(11-9-20)13-4-5-14(15(12-13)22-2)19-16-17-6-3-7-18-16/h4-6,12H,3,7-11H2,1-2H3,(H,18,19). The second kappa shape index (κ2) is 6.79. The predicted octanol–water partition coefficient (Wildman–Crippen LogP) is 1.69. The van der Waals surface area contributed by atoms with Gasteiger partial charge in [0.1, 0.15) is 5.75 Å². The number of nitrogens with one attached hydrogen (secondary N) is 1. The lowest BCUT2D eigenvalue weighted by Crippen LogP contribution is -2.44. The number of piperazine rings is 1. The number of ether oxygens (including phenoxy) is 1. The van der Waals surface area contributed by atoms with Gasteiger partial charge >= 0.3 is 0 Å². The van der Waals surface area contributed by atoms with E-state index >= 15 is 0 Å². The van der Waals surface area contributed by atoms with Crippen LogP contribution in [0.25, 0.3) is 0 Å². The van der Waals surface area contributed by atoms with Crippen molar-refractivity contribution in [3.8, 4) is 5.75 Å². The van der Waals surface area contributed by atoms with Crippen LogP contribution in [0, 0.1) is 0 Å². The number of methoxy groups -OCH3 is 1. The second-order valence-corrected chi connectivity index (χ2v) is 5.61. The number of hydrogen-bond acceptors (Lipinski definition) is 6. The number of benzene rings is 1. The molecule has 118 valence electrons. The van der Waals surface area contributed by atoms with Crippen LogP contribution in [0.5, 0.6) is 5.75 Å². The highest BCUT2D eigenvalue weighted by Crippen LogP contribution is 2.30. The van der Waals surface area contributed by atoms with Gasteiger partial charge in [-0.3, -0.25) is 4.99 Å². The van der Waals surface area contributed by atoms with Gasteiger partial charge in [0.05, 0.1) is 12.8 Å². The largest absolute Gasteiger partial charge is 0.494 e. The minimum atomic E-state index is 0.650. The molecule has 1 fully saturated rings. The van der Waals surface area contributed by atoms with Crippen molar-refractivity contribution in [1.82, 2.24) is 4.90 Å². The van der Waals surface area contributed by atoms with Crippen molar-refractivity contribution < 1.29 is 4.74 Å². The summed E-state index contributed by atoms with van der Waals surface area (Å²) in [7, 11) is 3.86. The van der Waals surface area contributed by atoms with E-state index in [2.05, 4.69) is 44.3 Å². The van der Waals surface area contributed by atoms with E-state index in [0.29, 0.717) is 5.96 Å². The molecule has 1 N–H and O–H groups in total. The molecule has 0 aliphatic carbocycles. The van der Waals surface area contributed by atoms with Crippen LogP contribution in [0.2, 0.25) is 0 Å². The molecule has 1 aromatic carbocycles. The third-order valence-electron chi connectivity index (χ3n) is 4.03. The van der Waals surface area contributed by atoms with Crippen LogP contribution in [-0.2, 0) is 0 Å². The molecular formula is C16H23N5O. The normalized spacial score (nSPS) is 19.0. The van der Waals surface area contributed by atoms with Gasteiger partial charge in [-0.05, 0) is 19.2 Å². The lowest BCUT2D eigenvalue weighted by molar-refractivity contribution is 0.312. The summed E-state index contributed by atoms with van der Waals surface area (Å²) in [5.74, 6) is 1.47. The van der Waals surface area contributed by atoms with E-state index in [1.54, 1.807) is 7.11 Å². The monoisotopic (exact) mass is 301 g/mol. The molecule has 3 rings (SSSR count). The Morgan fingerprint density at radius 2 is 2.00 bits per heavy atom. The van der Waals surface area contributed by atoms with Gasteiger partial charge in [0.25, 0.3) is 0 Å². The molecule has 2 aliphatic rings. The Kier molecular flexibility index (Phi) is 4.58. The summed E-state index contributed by atoms with van der Waals surface area (Å²) < 4.78 is 5.53. The van der Waals surface area contributed by atoms with Crippen molar-refractivity contribution in [3.63, 3.8) is 0 Å². The van der Waals surface area contributed by atoms with Crippen LogP contribution in [0.4, 0.5) is 11.4 Å². The molecule has 6 heteroatoms. The van der Waals surface area contributed by atoms with Gasteiger partial charge in [0, 0.05) is 57.1 Å². The molecule has 0 bridgehead atoms. The van der Waals surface area contributed by atoms with Crippen molar-refractivity contribution in [2.24, 2.45) is 9.98 Å². The Morgan fingerprint density at radius 3 is 2.68 bits per heavy atom. The molecule has 0 spiro atoms. The van der Waals surface area contributed by atoms with E-state index in [1.807, 2.05) is 12.3 Å². The number of anilines is 2. The summed E-state index contributed by atoms with van der Waals surface area (Å²) in [4.78, 5) is 13.4. The maximum atomic E-state index is 5.53. The first-order valence-electron chi connectivity index (χ1n) is 7.72. The van der Waals surface area contributed by atoms with Crippen LogP contribution < -0.4 is 15.0 Å². The Balaban J connectivity index is 1.75. The minimum Gasteiger partial charge on any atom is -0.494 e. The van der Waals surface area contributed by atoms with Crippen molar-refractivity contribution >= 4 is 23.5 Å². The third-order valence-corrected chi connectivity index (χ3v) is 4.03.